The van der Waals surface area contributed by atoms with Crippen molar-refractivity contribution in [3.05, 3.63) is 59.7 Å². The fraction of sp³-hybridized carbons (Fsp3) is 0.364. The van der Waals surface area contributed by atoms with E-state index >= 15 is 0 Å². The Hall–Kier alpha value is -3.27. The maximum atomic E-state index is 12.7. The van der Waals surface area contributed by atoms with Gasteiger partial charge in [0.2, 0.25) is 0 Å². The molecule has 0 aliphatic carbocycles. The summed E-state index contributed by atoms with van der Waals surface area (Å²) in [6.07, 6.45) is -5.63. The summed E-state index contributed by atoms with van der Waals surface area (Å²) >= 11 is 0. The van der Waals surface area contributed by atoms with Crippen molar-refractivity contribution in [2.24, 2.45) is 0 Å². The molecule has 7 nitrogen and oxygen atoms in total. The molecule has 1 unspecified atom stereocenters. The zero-order valence-electron chi connectivity index (χ0n) is 17.9. The summed E-state index contributed by atoms with van der Waals surface area (Å²) in [5.41, 5.74) is -0.360. The van der Waals surface area contributed by atoms with Crippen molar-refractivity contribution in [2.45, 2.75) is 38.6 Å². The first kappa shape index (κ1) is 25.0. The van der Waals surface area contributed by atoms with Gasteiger partial charge in [0.25, 0.3) is 5.91 Å². The maximum absolute atomic E-state index is 12.7. The minimum absolute atomic E-state index is 0.0427. The minimum atomic E-state index is -4.49. The van der Waals surface area contributed by atoms with E-state index in [2.05, 4.69) is 16.0 Å². The lowest BCUT2D eigenvalue weighted by atomic mass is 10.1. The van der Waals surface area contributed by atoms with Crippen molar-refractivity contribution < 1.29 is 32.6 Å². The molecular formula is C22H26F3N3O4. The second-order valence-electron chi connectivity index (χ2n) is 8.11. The van der Waals surface area contributed by atoms with Crippen molar-refractivity contribution in [1.29, 1.82) is 0 Å². The number of aliphatic hydroxyl groups excluding tert-OH is 1. The average Bonchev–Trinajstić information content (AvgIpc) is 2.69. The highest BCUT2D eigenvalue weighted by Crippen LogP contribution is 2.31. The number of carbonyl (C=O) groups is 2. The van der Waals surface area contributed by atoms with Gasteiger partial charge in [-0.3, -0.25) is 4.79 Å². The lowest BCUT2D eigenvalue weighted by molar-refractivity contribution is -0.137. The van der Waals surface area contributed by atoms with E-state index in [-0.39, 0.29) is 30.3 Å². The summed E-state index contributed by atoms with van der Waals surface area (Å²) in [6, 6.07) is 9.94. The predicted molar refractivity (Wildman–Crippen MR) is 114 cm³/mol. The molecule has 32 heavy (non-hydrogen) atoms. The third kappa shape index (κ3) is 8.46. The molecule has 0 saturated carbocycles. The molecular weight excluding hydrogens is 427 g/mol. The van der Waals surface area contributed by atoms with Crippen LogP contribution in [0.4, 0.5) is 23.7 Å². The zero-order chi connectivity index (χ0) is 23.9. The molecule has 0 saturated heterocycles. The van der Waals surface area contributed by atoms with Crippen LogP contribution in [0.2, 0.25) is 0 Å². The predicted octanol–water partition coefficient (Wildman–Crippen LogP) is 3.80. The highest BCUT2D eigenvalue weighted by molar-refractivity contribution is 5.95. The zero-order valence-corrected chi connectivity index (χ0v) is 17.9. The summed E-state index contributed by atoms with van der Waals surface area (Å²) in [5.74, 6) is -0.281. The standard InChI is InChI=1S/C22H26F3N3O4/c1-21(2,3)28-19(30)14-7-9-16(10-8-14)27-20(31)26-12-17(29)13-32-18-6-4-5-15(11-18)22(23,24)25/h4-11,17,29H,12-13H2,1-3H3,(H,28,30)(H2,26,27,31). The highest BCUT2D eigenvalue weighted by atomic mass is 19.4. The number of hydrogen-bond acceptors (Lipinski definition) is 4. The summed E-state index contributed by atoms with van der Waals surface area (Å²) < 4.78 is 43.3. The Labute approximate surface area is 184 Å². The molecule has 2 rings (SSSR count). The third-order valence-electron chi connectivity index (χ3n) is 4.00. The summed E-state index contributed by atoms with van der Waals surface area (Å²) in [4.78, 5) is 24.1. The van der Waals surface area contributed by atoms with Crippen LogP contribution in [-0.4, -0.2) is 41.8 Å². The van der Waals surface area contributed by atoms with Gasteiger partial charge in [-0.2, -0.15) is 13.2 Å². The number of ether oxygens (including phenoxy) is 1. The molecule has 0 spiro atoms. The first-order chi connectivity index (χ1) is 14.8. The Morgan fingerprint density at radius 3 is 2.31 bits per heavy atom. The molecule has 0 fully saturated rings. The number of benzene rings is 2. The first-order valence-electron chi connectivity index (χ1n) is 9.79. The summed E-state index contributed by atoms with van der Waals surface area (Å²) in [7, 11) is 0. The SMILES string of the molecule is CC(C)(C)NC(=O)c1ccc(NC(=O)NCC(O)COc2cccc(C(F)(F)F)c2)cc1. The number of amides is 3. The van der Waals surface area contributed by atoms with E-state index in [0.717, 1.165) is 12.1 Å². The molecule has 3 amide bonds. The maximum Gasteiger partial charge on any atom is 0.416 e. The topological polar surface area (TPSA) is 99.7 Å². The van der Waals surface area contributed by atoms with Crippen LogP contribution in [0, 0.1) is 0 Å². The van der Waals surface area contributed by atoms with Crippen LogP contribution in [0.1, 0.15) is 36.7 Å². The van der Waals surface area contributed by atoms with Crippen molar-refractivity contribution in [3.63, 3.8) is 0 Å². The molecule has 0 aliphatic rings. The fourth-order valence-electron chi connectivity index (χ4n) is 2.52. The molecule has 4 N–H and O–H groups in total. The van der Waals surface area contributed by atoms with Gasteiger partial charge in [-0.25, -0.2) is 4.79 Å². The molecule has 174 valence electrons. The van der Waals surface area contributed by atoms with E-state index in [1.165, 1.54) is 12.1 Å². The molecule has 0 aromatic heterocycles. The number of carbonyl (C=O) groups excluding carboxylic acids is 2. The molecule has 2 aromatic carbocycles. The first-order valence-corrected chi connectivity index (χ1v) is 9.79. The van der Waals surface area contributed by atoms with E-state index in [4.69, 9.17) is 4.74 Å². The Balaban J connectivity index is 1.77. The van der Waals surface area contributed by atoms with Gasteiger partial charge in [-0.1, -0.05) is 6.07 Å². The van der Waals surface area contributed by atoms with Crippen LogP contribution in [0.3, 0.4) is 0 Å². The van der Waals surface area contributed by atoms with Gasteiger partial charge in [0.15, 0.2) is 0 Å². The fourth-order valence-corrected chi connectivity index (χ4v) is 2.52. The van der Waals surface area contributed by atoms with E-state index in [9.17, 15) is 27.9 Å². The average molecular weight is 453 g/mol. The van der Waals surface area contributed by atoms with E-state index in [1.807, 2.05) is 20.8 Å². The van der Waals surface area contributed by atoms with Gasteiger partial charge in [0.05, 0.1) is 5.56 Å². The van der Waals surface area contributed by atoms with Gasteiger partial charge < -0.3 is 25.8 Å². The lowest BCUT2D eigenvalue weighted by Crippen LogP contribution is -2.40. The summed E-state index contributed by atoms with van der Waals surface area (Å²) in [5, 5.41) is 17.7. The van der Waals surface area contributed by atoms with Crippen LogP contribution >= 0.6 is 0 Å². The number of urea groups is 1. The van der Waals surface area contributed by atoms with Crippen molar-refractivity contribution in [1.82, 2.24) is 10.6 Å². The number of nitrogens with one attached hydrogen (secondary N) is 3. The number of rotatable bonds is 7. The smallest absolute Gasteiger partial charge is 0.416 e. The molecule has 0 aliphatic heterocycles. The molecule has 0 heterocycles. The molecule has 0 radical (unpaired) electrons. The van der Waals surface area contributed by atoms with Crippen molar-refractivity contribution in [3.8, 4) is 5.75 Å². The number of halogens is 3. The minimum Gasteiger partial charge on any atom is -0.491 e. The molecule has 2 aromatic rings. The summed E-state index contributed by atoms with van der Waals surface area (Å²) in [6.45, 7) is 5.11. The van der Waals surface area contributed by atoms with Crippen molar-refractivity contribution >= 4 is 17.6 Å². The highest BCUT2D eigenvalue weighted by Gasteiger charge is 2.30. The van der Waals surface area contributed by atoms with Crippen LogP contribution in [0.15, 0.2) is 48.5 Å². The Kier molecular flexibility index (Phi) is 8.09. The van der Waals surface area contributed by atoms with Crippen LogP contribution in [-0.2, 0) is 6.18 Å². The van der Waals surface area contributed by atoms with Gasteiger partial charge in [0.1, 0.15) is 18.5 Å². The normalized spacial score (nSPS) is 12.6. The van der Waals surface area contributed by atoms with Gasteiger partial charge in [0, 0.05) is 23.3 Å². The Bertz CT molecular complexity index is 925. The van der Waals surface area contributed by atoms with Gasteiger partial charge in [-0.15, -0.1) is 0 Å². The Morgan fingerprint density at radius 1 is 1.06 bits per heavy atom. The Morgan fingerprint density at radius 2 is 1.72 bits per heavy atom. The van der Waals surface area contributed by atoms with Gasteiger partial charge in [-0.05, 0) is 63.2 Å². The second-order valence-corrected chi connectivity index (χ2v) is 8.11. The largest absolute Gasteiger partial charge is 0.491 e. The van der Waals surface area contributed by atoms with E-state index < -0.39 is 23.9 Å². The monoisotopic (exact) mass is 453 g/mol. The molecule has 1 atom stereocenters. The van der Waals surface area contributed by atoms with E-state index in [1.54, 1.807) is 24.3 Å². The number of alkyl halides is 3. The lowest BCUT2D eigenvalue weighted by Gasteiger charge is -2.20. The van der Waals surface area contributed by atoms with Crippen LogP contribution in [0.25, 0.3) is 0 Å². The number of aliphatic hydroxyl groups is 1. The van der Waals surface area contributed by atoms with E-state index in [0.29, 0.717) is 11.3 Å². The second kappa shape index (κ2) is 10.4. The molecule has 0 bridgehead atoms. The number of anilines is 1. The van der Waals surface area contributed by atoms with Crippen molar-refractivity contribution in [2.75, 3.05) is 18.5 Å². The van der Waals surface area contributed by atoms with Crippen LogP contribution < -0.4 is 20.7 Å². The van der Waals surface area contributed by atoms with Gasteiger partial charge >= 0.3 is 12.2 Å². The molecule has 10 heteroatoms. The van der Waals surface area contributed by atoms with Crippen LogP contribution in [0.5, 0.6) is 5.75 Å². The quantitative estimate of drug-likeness (QED) is 0.513. The third-order valence-corrected chi connectivity index (χ3v) is 4.00. The number of hydrogen-bond donors (Lipinski definition) is 4.